The van der Waals surface area contributed by atoms with Gasteiger partial charge in [-0.1, -0.05) is 12.8 Å². The molecule has 0 unspecified atom stereocenters. The fourth-order valence-electron chi connectivity index (χ4n) is 2.74. The molecule has 2 N–H and O–H groups in total. The SMILES string of the molecule is CCN(C(=O)CNCC1(O)CCCC1)C1CC1. The van der Waals surface area contributed by atoms with Crippen LogP contribution in [0, 0.1) is 0 Å². The molecule has 0 radical (unpaired) electrons. The van der Waals surface area contributed by atoms with Crippen molar-refractivity contribution in [3.63, 3.8) is 0 Å². The number of amides is 1. The predicted molar refractivity (Wildman–Crippen MR) is 66.7 cm³/mol. The Balaban J connectivity index is 1.68. The number of nitrogens with zero attached hydrogens (tertiary/aromatic N) is 1. The lowest BCUT2D eigenvalue weighted by Crippen LogP contribution is -2.44. The second-order valence-corrected chi connectivity index (χ2v) is 5.45. The van der Waals surface area contributed by atoms with Crippen LogP contribution in [0.1, 0.15) is 45.4 Å². The molecule has 2 rings (SSSR count). The summed E-state index contributed by atoms with van der Waals surface area (Å²) in [6.07, 6.45) is 6.26. The summed E-state index contributed by atoms with van der Waals surface area (Å²) < 4.78 is 0. The zero-order chi connectivity index (χ0) is 12.3. The lowest BCUT2D eigenvalue weighted by atomic mass is 10.0. The number of carbonyl (C=O) groups excluding carboxylic acids is 1. The van der Waals surface area contributed by atoms with Crippen molar-refractivity contribution < 1.29 is 9.90 Å². The maximum Gasteiger partial charge on any atom is 0.236 e. The Bertz CT molecular complexity index is 271. The Kier molecular flexibility index (Phi) is 4.05. The Morgan fingerprint density at radius 3 is 2.59 bits per heavy atom. The molecule has 4 nitrogen and oxygen atoms in total. The average molecular weight is 240 g/mol. The van der Waals surface area contributed by atoms with E-state index in [4.69, 9.17) is 0 Å². The minimum Gasteiger partial charge on any atom is -0.389 e. The van der Waals surface area contributed by atoms with E-state index in [1.807, 2.05) is 11.8 Å². The summed E-state index contributed by atoms with van der Waals surface area (Å²) in [5.41, 5.74) is -0.559. The average Bonchev–Trinajstić information content (AvgIpc) is 3.03. The zero-order valence-corrected chi connectivity index (χ0v) is 10.7. The van der Waals surface area contributed by atoms with Gasteiger partial charge in [0.25, 0.3) is 0 Å². The van der Waals surface area contributed by atoms with Gasteiger partial charge in [-0.15, -0.1) is 0 Å². The molecule has 0 atom stereocenters. The van der Waals surface area contributed by atoms with Crippen LogP contribution >= 0.6 is 0 Å². The summed E-state index contributed by atoms with van der Waals surface area (Å²) in [5, 5.41) is 13.3. The van der Waals surface area contributed by atoms with Gasteiger partial charge in [0, 0.05) is 19.1 Å². The van der Waals surface area contributed by atoms with Gasteiger partial charge in [-0.25, -0.2) is 0 Å². The standard InChI is InChI=1S/C13H24N2O2/c1-2-15(11-5-6-11)12(16)9-14-10-13(17)7-3-4-8-13/h11,14,17H,2-10H2,1H3. The molecular formula is C13H24N2O2. The van der Waals surface area contributed by atoms with Crippen molar-refractivity contribution in [3.05, 3.63) is 0 Å². The second kappa shape index (κ2) is 5.36. The van der Waals surface area contributed by atoms with E-state index >= 15 is 0 Å². The minimum absolute atomic E-state index is 0.177. The molecule has 1 amide bonds. The maximum atomic E-state index is 11.9. The molecule has 2 saturated carbocycles. The highest BCUT2D eigenvalue weighted by atomic mass is 16.3. The van der Waals surface area contributed by atoms with Crippen LogP contribution in [-0.4, -0.2) is 47.2 Å². The smallest absolute Gasteiger partial charge is 0.236 e. The van der Waals surface area contributed by atoms with E-state index in [-0.39, 0.29) is 5.91 Å². The Morgan fingerprint density at radius 2 is 2.06 bits per heavy atom. The third-order valence-corrected chi connectivity index (χ3v) is 3.91. The summed E-state index contributed by atoms with van der Waals surface area (Å²) in [6, 6.07) is 0.490. The van der Waals surface area contributed by atoms with Crippen LogP contribution in [0.3, 0.4) is 0 Å². The van der Waals surface area contributed by atoms with Crippen LogP contribution < -0.4 is 5.32 Å². The first-order chi connectivity index (χ1) is 8.14. The van der Waals surface area contributed by atoms with Crippen LogP contribution in [0.4, 0.5) is 0 Å². The molecule has 2 fully saturated rings. The van der Waals surface area contributed by atoms with E-state index in [0.717, 1.165) is 45.1 Å². The van der Waals surface area contributed by atoms with Gasteiger partial charge in [-0.2, -0.15) is 0 Å². The van der Waals surface area contributed by atoms with Crippen LogP contribution in [-0.2, 0) is 4.79 Å². The van der Waals surface area contributed by atoms with Gasteiger partial charge < -0.3 is 15.3 Å². The number of likely N-dealkylation sites (N-methyl/N-ethyl adjacent to an activating group) is 1. The topological polar surface area (TPSA) is 52.6 Å². The van der Waals surface area contributed by atoms with Crippen molar-refractivity contribution in [2.75, 3.05) is 19.6 Å². The normalized spacial score (nSPS) is 22.7. The number of nitrogens with one attached hydrogen (secondary N) is 1. The molecule has 2 aliphatic carbocycles. The summed E-state index contributed by atoms with van der Waals surface area (Å²) in [7, 11) is 0. The van der Waals surface area contributed by atoms with Crippen molar-refractivity contribution in [2.45, 2.75) is 57.1 Å². The number of carbonyl (C=O) groups is 1. The number of hydrogen-bond acceptors (Lipinski definition) is 3. The molecule has 0 aromatic rings. The van der Waals surface area contributed by atoms with E-state index in [9.17, 15) is 9.90 Å². The van der Waals surface area contributed by atoms with Gasteiger partial charge in [0.05, 0.1) is 12.1 Å². The number of rotatable bonds is 6. The van der Waals surface area contributed by atoms with Crippen molar-refractivity contribution >= 4 is 5.91 Å². The van der Waals surface area contributed by atoms with Gasteiger partial charge in [0.1, 0.15) is 0 Å². The molecule has 4 heteroatoms. The molecule has 0 aromatic carbocycles. The molecule has 98 valence electrons. The Hall–Kier alpha value is -0.610. The van der Waals surface area contributed by atoms with Crippen LogP contribution in [0.25, 0.3) is 0 Å². The van der Waals surface area contributed by atoms with Crippen LogP contribution in [0.15, 0.2) is 0 Å². The van der Waals surface area contributed by atoms with Crippen molar-refractivity contribution in [3.8, 4) is 0 Å². The fraction of sp³-hybridized carbons (Fsp3) is 0.923. The van der Waals surface area contributed by atoms with Gasteiger partial charge in [-0.05, 0) is 32.6 Å². The molecule has 17 heavy (non-hydrogen) atoms. The first kappa shape index (κ1) is 12.8. The largest absolute Gasteiger partial charge is 0.389 e. The van der Waals surface area contributed by atoms with E-state index in [0.29, 0.717) is 19.1 Å². The van der Waals surface area contributed by atoms with E-state index in [2.05, 4.69) is 5.32 Å². The van der Waals surface area contributed by atoms with Crippen LogP contribution in [0.5, 0.6) is 0 Å². The van der Waals surface area contributed by atoms with Crippen molar-refractivity contribution in [1.82, 2.24) is 10.2 Å². The molecule has 0 spiro atoms. The molecule has 0 bridgehead atoms. The molecule has 0 aromatic heterocycles. The first-order valence-corrected chi connectivity index (χ1v) is 6.87. The van der Waals surface area contributed by atoms with Gasteiger partial charge in [0.15, 0.2) is 0 Å². The fourth-order valence-corrected chi connectivity index (χ4v) is 2.74. The highest BCUT2D eigenvalue weighted by molar-refractivity contribution is 5.78. The van der Waals surface area contributed by atoms with E-state index < -0.39 is 5.60 Å². The highest BCUT2D eigenvalue weighted by Crippen LogP contribution is 2.29. The number of hydrogen-bond donors (Lipinski definition) is 2. The third-order valence-electron chi connectivity index (χ3n) is 3.91. The highest BCUT2D eigenvalue weighted by Gasteiger charge is 2.33. The lowest BCUT2D eigenvalue weighted by Gasteiger charge is -2.24. The summed E-state index contributed by atoms with van der Waals surface area (Å²) in [5.74, 6) is 0.177. The third kappa shape index (κ3) is 3.42. The zero-order valence-electron chi connectivity index (χ0n) is 10.7. The molecular weight excluding hydrogens is 216 g/mol. The second-order valence-electron chi connectivity index (χ2n) is 5.45. The van der Waals surface area contributed by atoms with Crippen molar-refractivity contribution in [1.29, 1.82) is 0 Å². The van der Waals surface area contributed by atoms with Crippen molar-refractivity contribution in [2.24, 2.45) is 0 Å². The van der Waals surface area contributed by atoms with Gasteiger partial charge in [-0.3, -0.25) is 4.79 Å². The molecule has 0 aliphatic heterocycles. The molecule has 2 aliphatic rings. The van der Waals surface area contributed by atoms with Crippen LogP contribution in [0.2, 0.25) is 0 Å². The Labute approximate surface area is 103 Å². The maximum absolute atomic E-state index is 11.9. The lowest BCUT2D eigenvalue weighted by molar-refractivity contribution is -0.130. The molecule has 0 heterocycles. The quantitative estimate of drug-likeness (QED) is 0.725. The predicted octanol–water partition coefficient (Wildman–Crippen LogP) is 0.892. The Morgan fingerprint density at radius 1 is 1.41 bits per heavy atom. The summed E-state index contributed by atoms with van der Waals surface area (Å²) in [4.78, 5) is 13.9. The number of aliphatic hydroxyl groups is 1. The van der Waals surface area contributed by atoms with Gasteiger partial charge >= 0.3 is 0 Å². The minimum atomic E-state index is -0.559. The summed E-state index contributed by atoms with van der Waals surface area (Å²) >= 11 is 0. The van der Waals surface area contributed by atoms with Gasteiger partial charge in [0.2, 0.25) is 5.91 Å². The molecule has 0 saturated heterocycles. The van der Waals surface area contributed by atoms with E-state index in [1.165, 1.54) is 0 Å². The van der Waals surface area contributed by atoms with E-state index in [1.54, 1.807) is 0 Å². The monoisotopic (exact) mass is 240 g/mol. The summed E-state index contributed by atoms with van der Waals surface area (Å²) in [6.45, 7) is 3.75. The first-order valence-electron chi connectivity index (χ1n) is 6.87.